The molecule has 2 aromatic rings. The van der Waals surface area contributed by atoms with Crippen LogP contribution in [0.15, 0.2) is 48.5 Å². The fraction of sp³-hybridized carbons (Fsp3) is 0.0625. The first kappa shape index (κ1) is 16.6. The number of nitro groups is 1. The number of hydrogen-bond donors (Lipinski definition) is 1. The van der Waals surface area contributed by atoms with Gasteiger partial charge in [-0.05, 0) is 36.4 Å². The molecule has 0 heterocycles. The third-order valence-corrected chi connectivity index (χ3v) is 2.95. The van der Waals surface area contributed by atoms with Gasteiger partial charge in [-0.15, -0.1) is 0 Å². The third kappa shape index (κ3) is 4.38. The number of hydrogen-bond acceptors (Lipinski definition) is 6. The first-order valence-electron chi connectivity index (χ1n) is 6.71. The summed E-state index contributed by atoms with van der Waals surface area (Å²) in [5.41, 5.74) is 0.875. The van der Waals surface area contributed by atoms with Crippen molar-refractivity contribution < 1.29 is 19.2 Å². The van der Waals surface area contributed by atoms with Crippen LogP contribution in [0, 0.1) is 21.4 Å². The van der Waals surface area contributed by atoms with E-state index in [0.717, 1.165) is 0 Å². The van der Waals surface area contributed by atoms with Crippen LogP contribution in [0.1, 0.15) is 15.9 Å². The van der Waals surface area contributed by atoms with Gasteiger partial charge in [0.1, 0.15) is 0 Å². The van der Waals surface area contributed by atoms with E-state index in [0.29, 0.717) is 11.3 Å². The predicted octanol–water partition coefficient (Wildman–Crippen LogP) is 2.26. The topological polar surface area (TPSA) is 122 Å². The summed E-state index contributed by atoms with van der Waals surface area (Å²) in [4.78, 5) is 33.4. The van der Waals surface area contributed by atoms with Gasteiger partial charge in [-0.1, -0.05) is 0 Å². The maximum Gasteiger partial charge on any atom is 0.338 e. The summed E-state index contributed by atoms with van der Waals surface area (Å²) in [7, 11) is 0. The molecule has 0 aliphatic heterocycles. The zero-order valence-electron chi connectivity index (χ0n) is 12.3. The monoisotopic (exact) mass is 325 g/mol. The Morgan fingerprint density at radius 3 is 2.29 bits per heavy atom. The summed E-state index contributed by atoms with van der Waals surface area (Å²) in [5, 5.41) is 21.7. The molecule has 0 unspecified atom stereocenters. The molecule has 0 saturated heterocycles. The molecule has 0 fully saturated rings. The fourth-order valence-electron chi connectivity index (χ4n) is 1.76. The minimum atomic E-state index is -0.764. The van der Waals surface area contributed by atoms with Gasteiger partial charge >= 0.3 is 5.97 Å². The molecule has 0 aliphatic carbocycles. The van der Waals surface area contributed by atoms with Crippen LogP contribution in [-0.2, 0) is 9.53 Å². The van der Waals surface area contributed by atoms with E-state index < -0.39 is 23.4 Å². The Balaban J connectivity index is 1.87. The van der Waals surface area contributed by atoms with Crippen LogP contribution in [0.5, 0.6) is 0 Å². The number of amides is 1. The van der Waals surface area contributed by atoms with E-state index in [1.165, 1.54) is 24.3 Å². The second-order valence-corrected chi connectivity index (χ2v) is 4.62. The van der Waals surface area contributed by atoms with Crippen molar-refractivity contribution in [2.45, 2.75) is 0 Å². The van der Waals surface area contributed by atoms with Gasteiger partial charge in [-0.2, -0.15) is 5.26 Å². The van der Waals surface area contributed by atoms with E-state index >= 15 is 0 Å². The average molecular weight is 325 g/mol. The van der Waals surface area contributed by atoms with E-state index in [4.69, 9.17) is 10.00 Å². The number of non-ortho nitro benzene ring substituents is 1. The summed E-state index contributed by atoms with van der Waals surface area (Å²) < 4.78 is 4.83. The number of benzene rings is 2. The third-order valence-electron chi connectivity index (χ3n) is 2.95. The van der Waals surface area contributed by atoms with Crippen molar-refractivity contribution >= 4 is 23.3 Å². The van der Waals surface area contributed by atoms with Gasteiger partial charge in [0, 0.05) is 17.8 Å². The zero-order chi connectivity index (χ0) is 17.5. The molecule has 8 heteroatoms. The Labute approximate surface area is 136 Å². The number of esters is 1. The molecule has 0 aromatic heterocycles. The molecule has 1 N–H and O–H groups in total. The van der Waals surface area contributed by atoms with E-state index in [9.17, 15) is 19.7 Å². The van der Waals surface area contributed by atoms with E-state index in [1.54, 1.807) is 24.3 Å². The molecule has 0 aliphatic rings. The normalized spacial score (nSPS) is 9.62. The van der Waals surface area contributed by atoms with Crippen LogP contribution in [0.25, 0.3) is 0 Å². The SMILES string of the molecule is N#Cc1ccc(NC(=O)COC(=O)c2ccc([N+](=O)[O-])cc2)cc1. The summed E-state index contributed by atoms with van der Waals surface area (Å²) in [6.45, 7) is -0.504. The number of rotatable bonds is 5. The Hall–Kier alpha value is -3.73. The first-order valence-corrected chi connectivity index (χ1v) is 6.71. The standard InChI is InChI=1S/C16H11N3O5/c17-9-11-1-5-13(6-2-11)18-15(20)10-24-16(21)12-3-7-14(8-4-12)19(22)23/h1-8H,10H2,(H,18,20). The Bertz CT molecular complexity index is 807. The second-order valence-electron chi connectivity index (χ2n) is 4.62. The lowest BCUT2D eigenvalue weighted by atomic mass is 10.2. The average Bonchev–Trinajstić information content (AvgIpc) is 2.60. The molecule has 0 bridgehead atoms. The number of ether oxygens (including phenoxy) is 1. The Kier molecular flexibility index (Phi) is 5.20. The molecule has 0 spiro atoms. The smallest absolute Gasteiger partial charge is 0.338 e. The van der Waals surface area contributed by atoms with Gasteiger partial charge < -0.3 is 10.1 Å². The van der Waals surface area contributed by atoms with Gasteiger partial charge in [0.05, 0.1) is 22.1 Å². The maximum absolute atomic E-state index is 11.8. The van der Waals surface area contributed by atoms with Crippen molar-refractivity contribution in [3.8, 4) is 6.07 Å². The van der Waals surface area contributed by atoms with Gasteiger partial charge in [-0.3, -0.25) is 14.9 Å². The number of nitro benzene ring substituents is 1. The second kappa shape index (κ2) is 7.51. The minimum absolute atomic E-state index is 0.103. The number of carbonyl (C=O) groups excluding carboxylic acids is 2. The lowest BCUT2D eigenvalue weighted by Crippen LogP contribution is -2.20. The molecule has 120 valence electrons. The zero-order valence-corrected chi connectivity index (χ0v) is 12.3. The van der Waals surface area contributed by atoms with Gasteiger partial charge in [-0.25, -0.2) is 4.79 Å². The van der Waals surface area contributed by atoms with Crippen LogP contribution >= 0.6 is 0 Å². The molecule has 1 amide bonds. The predicted molar refractivity (Wildman–Crippen MR) is 83.2 cm³/mol. The highest BCUT2D eigenvalue weighted by molar-refractivity contribution is 5.95. The highest BCUT2D eigenvalue weighted by atomic mass is 16.6. The maximum atomic E-state index is 11.8. The molecule has 24 heavy (non-hydrogen) atoms. The lowest BCUT2D eigenvalue weighted by molar-refractivity contribution is -0.384. The van der Waals surface area contributed by atoms with Crippen LogP contribution in [0.2, 0.25) is 0 Å². The Morgan fingerprint density at radius 2 is 1.75 bits per heavy atom. The highest BCUT2D eigenvalue weighted by Crippen LogP contribution is 2.13. The van der Waals surface area contributed by atoms with Gasteiger partial charge in [0.15, 0.2) is 6.61 Å². The van der Waals surface area contributed by atoms with Crippen molar-refractivity contribution in [3.63, 3.8) is 0 Å². The fourth-order valence-corrected chi connectivity index (χ4v) is 1.76. The number of nitrogens with zero attached hydrogens (tertiary/aromatic N) is 2. The molecular weight excluding hydrogens is 314 g/mol. The number of nitriles is 1. The van der Waals surface area contributed by atoms with Crippen molar-refractivity contribution in [3.05, 3.63) is 69.8 Å². The van der Waals surface area contributed by atoms with Crippen LogP contribution < -0.4 is 5.32 Å². The number of nitrogens with one attached hydrogen (secondary N) is 1. The van der Waals surface area contributed by atoms with Crippen molar-refractivity contribution in [2.75, 3.05) is 11.9 Å². The summed E-state index contributed by atoms with van der Waals surface area (Å²) >= 11 is 0. The molecule has 0 atom stereocenters. The van der Waals surface area contributed by atoms with Crippen LogP contribution in [0.4, 0.5) is 11.4 Å². The molecular formula is C16H11N3O5. The van der Waals surface area contributed by atoms with Crippen LogP contribution in [-0.4, -0.2) is 23.4 Å². The summed E-state index contributed by atoms with van der Waals surface area (Å²) in [6.07, 6.45) is 0. The van der Waals surface area contributed by atoms with E-state index in [-0.39, 0.29) is 11.3 Å². The molecule has 2 rings (SSSR count). The van der Waals surface area contributed by atoms with Crippen LogP contribution in [0.3, 0.4) is 0 Å². The minimum Gasteiger partial charge on any atom is -0.452 e. The van der Waals surface area contributed by atoms with Gasteiger partial charge in [0.2, 0.25) is 0 Å². The lowest BCUT2D eigenvalue weighted by Gasteiger charge is -2.06. The number of anilines is 1. The van der Waals surface area contributed by atoms with E-state index in [2.05, 4.69) is 5.32 Å². The summed E-state index contributed by atoms with van der Waals surface area (Å²) in [6, 6.07) is 13.0. The quantitative estimate of drug-likeness (QED) is 0.511. The van der Waals surface area contributed by atoms with Crippen molar-refractivity contribution in [1.82, 2.24) is 0 Å². The first-order chi connectivity index (χ1) is 11.5. The summed E-state index contributed by atoms with van der Waals surface area (Å²) in [5.74, 6) is -1.31. The molecule has 0 radical (unpaired) electrons. The van der Waals surface area contributed by atoms with Gasteiger partial charge in [0.25, 0.3) is 11.6 Å². The molecule has 0 saturated carbocycles. The van der Waals surface area contributed by atoms with Crippen molar-refractivity contribution in [1.29, 1.82) is 5.26 Å². The molecule has 8 nitrogen and oxygen atoms in total. The van der Waals surface area contributed by atoms with E-state index in [1.807, 2.05) is 6.07 Å². The number of carbonyl (C=O) groups is 2. The Morgan fingerprint density at radius 1 is 1.12 bits per heavy atom. The largest absolute Gasteiger partial charge is 0.452 e. The highest BCUT2D eigenvalue weighted by Gasteiger charge is 2.12. The van der Waals surface area contributed by atoms with Crippen molar-refractivity contribution in [2.24, 2.45) is 0 Å². The molecule has 2 aromatic carbocycles.